The van der Waals surface area contributed by atoms with Gasteiger partial charge in [-0.25, -0.2) is 0 Å². The molecule has 1 heterocycles. The van der Waals surface area contributed by atoms with Gasteiger partial charge in [0, 0.05) is 12.0 Å². The highest BCUT2D eigenvalue weighted by Crippen LogP contribution is 2.47. The normalized spacial score (nSPS) is 21.2. The van der Waals surface area contributed by atoms with E-state index in [0.717, 1.165) is 24.2 Å². The summed E-state index contributed by atoms with van der Waals surface area (Å²) in [6.07, 6.45) is 5.97. The number of halogens is 1. The van der Waals surface area contributed by atoms with E-state index in [2.05, 4.69) is 6.07 Å². The number of fused-ring (bicyclic) bond motifs is 1. The van der Waals surface area contributed by atoms with Crippen molar-refractivity contribution in [2.75, 3.05) is 19.8 Å². The Labute approximate surface area is 119 Å². The molecule has 2 aliphatic rings. The van der Waals surface area contributed by atoms with E-state index < -0.39 is 0 Å². The minimum absolute atomic E-state index is 0.0190. The van der Waals surface area contributed by atoms with Gasteiger partial charge in [0.2, 0.25) is 0 Å². The molecule has 1 aromatic carbocycles. The molecule has 19 heavy (non-hydrogen) atoms. The van der Waals surface area contributed by atoms with Crippen molar-refractivity contribution in [1.82, 2.24) is 0 Å². The molecule has 1 aliphatic carbocycles. The summed E-state index contributed by atoms with van der Waals surface area (Å²) in [5, 5.41) is 0.699. The third kappa shape index (κ3) is 2.19. The molecule has 0 atom stereocenters. The predicted molar refractivity (Wildman–Crippen MR) is 76.3 cm³/mol. The van der Waals surface area contributed by atoms with Gasteiger partial charge in [0.05, 0.1) is 5.02 Å². The Kier molecular flexibility index (Phi) is 3.59. The van der Waals surface area contributed by atoms with Gasteiger partial charge in [0.25, 0.3) is 0 Å². The van der Waals surface area contributed by atoms with Crippen LogP contribution in [-0.2, 0) is 5.41 Å². The van der Waals surface area contributed by atoms with Crippen LogP contribution in [-0.4, -0.2) is 19.8 Å². The van der Waals surface area contributed by atoms with Crippen molar-refractivity contribution in [2.45, 2.75) is 37.5 Å². The molecule has 1 fully saturated rings. The summed E-state index contributed by atoms with van der Waals surface area (Å²) in [4.78, 5) is 0. The standard InChI is InChI=1S/C15H20ClNO2/c16-13-11(15(10-17)6-2-1-3-7-15)4-5-12-14(13)19-9-8-18-12/h4-5H,1-3,6-10,17H2. The van der Waals surface area contributed by atoms with Gasteiger partial charge < -0.3 is 15.2 Å². The maximum absolute atomic E-state index is 6.57. The average molecular weight is 282 g/mol. The number of rotatable bonds is 2. The summed E-state index contributed by atoms with van der Waals surface area (Å²) < 4.78 is 11.2. The van der Waals surface area contributed by atoms with E-state index in [1.165, 1.54) is 19.3 Å². The number of hydrogen-bond donors (Lipinski definition) is 1. The van der Waals surface area contributed by atoms with E-state index in [9.17, 15) is 0 Å². The fourth-order valence-corrected chi connectivity index (χ4v) is 3.71. The van der Waals surface area contributed by atoms with Crippen LogP contribution in [0.4, 0.5) is 0 Å². The van der Waals surface area contributed by atoms with Gasteiger partial charge in [-0.2, -0.15) is 0 Å². The molecule has 104 valence electrons. The monoisotopic (exact) mass is 281 g/mol. The molecule has 0 aromatic heterocycles. The Morgan fingerprint density at radius 3 is 2.58 bits per heavy atom. The molecule has 0 unspecified atom stereocenters. The molecule has 0 bridgehead atoms. The molecule has 0 saturated heterocycles. The maximum Gasteiger partial charge on any atom is 0.180 e. The van der Waals surface area contributed by atoms with Crippen LogP contribution in [0.5, 0.6) is 11.5 Å². The summed E-state index contributed by atoms with van der Waals surface area (Å²) in [6.45, 7) is 1.79. The lowest BCUT2D eigenvalue weighted by Gasteiger charge is -2.38. The molecule has 1 saturated carbocycles. The molecule has 1 aromatic rings. The van der Waals surface area contributed by atoms with Gasteiger partial charge >= 0.3 is 0 Å². The Hall–Kier alpha value is -0.930. The molecule has 3 rings (SSSR count). The Morgan fingerprint density at radius 1 is 1.11 bits per heavy atom. The Balaban J connectivity index is 2.04. The van der Waals surface area contributed by atoms with Crippen LogP contribution in [0, 0.1) is 0 Å². The largest absolute Gasteiger partial charge is 0.486 e. The molecule has 0 radical (unpaired) electrons. The van der Waals surface area contributed by atoms with Crippen LogP contribution < -0.4 is 15.2 Å². The van der Waals surface area contributed by atoms with Crippen LogP contribution in [0.25, 0.3) is 0 Å². The first-order valence-electron chi connectivity index (χ1n) is 7.05. The first-order valence-corrected chi connectivity index (χ1v) is 7.43. The summed E-state index contributed by atoms with van der Waals surface area (Å²) >= 11 is 6.57. The summed E-state index contributed by atoms with van der Waals surface area (Å²) in [6, 6.07) is 4.05. The van der Waals surface area contributed by atoms with Crippen molar-refractivity contribution >= 4 is 11.6 Å². The van der Waals surface area contributed by atoms with E-state index in [1.54, 1.807) is 0 Å². The SMILES string of the molecule is NCC1(c2ccc3c(c2Cl)OCCO3)CCCCC1. The fraction of sp³-hybridized carbons (Fsp3) is 0.600. The van der Waals surface area contributed by atoms with Crippen molar-refractivity contribution in [3.63, 3.8) is 0 Å². The highest BCUT2D eigenvalue weighted by molar-refractivity contribution is 6.33. The third-order valence-corrected chi connectivity index (χ3v) is 4.80. The number of benzene rings is 1. The van der Waals surface area contributed by atoms with Crippen molar-refractivity contribution in [3.05, 3.63) is 22.7 Å². The minimum atomic E-state index is 0.0190. The van der Waals surface area contributed by atoms with E-state index in [4.69, 9.17) is 26.8 Å². The smallest absolute Gasteiger partial charge is 0.180 e. The minimum Gasteiger partial charge on any atom is -0.486 e. The molecule has 0 amide bonds. The van der Waals surface area contributed by atoms with Crippen LogP contribution in [0.3, 0.4) is 0 Å². The van der Waals surface area contributed by atoms with E-state index >= 15 is 0 Å². The summed E-state index contributed by atoms with van der Waals surface area (Å²) in [7, 11) is 0. The topological polar surface area (TPSA) is 44.5 Å². The molecule has 1 aliphatic heterocycles. The van der Waals surface area contributed by atoms with E-state index in [1.807, 2.05) is 6.07 Å². The van der Waals surface area contributed by atoms with Gasteiger partial charge in [0.15, 0.2) is 11.5 Å². The van der Waals surface area contributed by atoms with Crippen LogP contribution in [0.1, 0.15) is 37.7 Å². The summed E-state index contributed by atoms with van der Waals surface area (Å²) in [5.74, 6) is 1.45. The lowest BCUT2D eigenvalue weighted by molar-refractivity contribution is 0.171. The number of ether oxygens (including phenoxy) is 2. The highest BCUT2D eigenvalue weighted by Gasteiger charge is 2.36. The molecule has 2 N–H and O–H groups in total. The van der Waals surface area contributed by atoms with Gasteiger partial charge in [0.1, 0.15) is 13.2 Å². The second kappa shape index (κ2) is 5.22. The van der Waals surface area contributed by atoms with Crippen molar-refractivity contribution in [1.29, 1.82) is 0 Å². The quantitative estimate of drug-likeness (QED) is 0.905. The van der Waals surface area contributed by atoms with E-state index in [0.29, 0.717) is 30.5 Å². The third-order valence-electron chi connectivity index (χ3n) is 4.42. The molecule has 0 spiro atoms. The first-order chi connectivity index (χ1) is 9.27. The molecule has 3 nitrogen and oxygen atoms in total. The van der Waals surface area contributed by atoms with Crippen LogP contribution in [0.2, 0.25) is 5.02 Å². The molecular weight excluding hydrogens is 262 g/mol. The number of hydrogen-bond acceptors (Lipinski definition) is 3. The van der Waals surface area contributed by atoms with Gasteiger partial charge in [-0.3, -0.25) is 0 Å². The second-order valence-electron chi connectivity index (χ2n) is 5.50. The van der Waals surface area contributed by atoms with Crippen molar-refractivity contribution < 1.29 is 9.47 Å². The van der Waals surface area contributed by atoms with Crippen LogP contribution in [0.15, 0.2) is 12.1 Å². The zero-order valence-electron chi connectivity index (χ0n) is 11.1. The Bertz CT molecular complexity index is 469. The van der Waals surface area contributed by atoms with Gasteiger partial charge in [-0.05, 0) is 24.5 Å². The van der Waals surface area contributed by atoms with Gasteiger partial charge in [-0.1, -0.05) is 36.9 Å². The van der Waals surface area contributed by atoms with Crippen molar-refractivity contribution in [2.24, 2.45) is 5.73 Å². The lowest BCUT2D eigenvalue weighted by atomic mass is 9.69. The molecular formula is C15H20ClNO2. The van der Waals surface area contributed by atoms with Gasteiger partial charge in [-0.15, -0.1) is 0 Å². The highest BCUT2D eigenvalue weighted by atomic mass is 35.5. The van der Waals surface area contributed by atoms with Crippen LogP contribution >= 0.6 is 11.6 Å². The lowest BCUT2D eigenvalue weighted by Crippen LogP contribution is -2.37. The average Bonchev–Trinajstić information content (AvgIpc) is 2.48. The van der Waals surface area contributed by atoms with Crippen molar-refractivity contribution in [3.8, 4) is 11.5 Å². The zero-order valence-corrected chi connectivity index (χ0v) is 11.8. The summed E-state index contributed by atoms with van der Waals surface area (Å²) in [5.41, 5.74) is 7.24. The molecule has 4 heteroatoms. The van der Waals surface area contributed by atoms with E-state index in [-0.39, 0.29) is 5.41 Å². The fourth-order valence-electron chi connectivity index (χ4n) is 3.30. The Morgan fingerprint density at radius 2 is 1.84 bits per heavy atom. The number of nitrogens with two attached hydrogens (primary N) is 1. The maximum atomic E-state index is 6.57. The second-order valence-corrected chi connectivity index (χ2v) is 5.87. The first kappa shape index (κ1) is 13.1. The zero-order chi connectivity index (χ0) is 13.3. The predicted octanol–water partition coefficient (Wildman–Crippen LogP) is 3.27.